The molecule has 0 amide bonds. The molecule has 6 nitrogen and oxygen atoms in total. The first-order chi connectivity index (χ1) is 13.2. The summed E-state index contributed by atoms with van der Waals surface area (Å²) in [6.07, 6.45) is 1.25. The highest BCUT2D eigenvalue weighted by atomic mass is 127. The molecule has 28 heavy (non-hydrogen) atoms. The lowest BCUT2D eigenvalue weighted by Crippen LogP contribution is -2.40. The van der Waals surface area contributed by atoms with E-state index in [0.717, 1.165) is 16.9 Å². The van der Waals surface area contributed by atoms with E-state index in [0.29, 0.717) is 31.6 Å². The average Bonchev–Trinajstić information content (AvgIpc) is 3.39. The summed E-state index contributed by atoms with van der Waals surface area (Å²) in [7, 11) is 0. The van der Waals surface area contributed by atoms with Crippen molar-refractivity contribution >= 4 is 51.4 Å². The Balaban J connectivity index is 0.00000280. The van der Waals surface area contributed by atoms with E-state index in [1.807, 2.05) is 31.2 Å². The number of aliphatic imine (C=N–C) groups is 1. The van der Waals surface area contributed by atoms with Crippen LogP contribution in [0.25, 0.3) is 10.1 Å². The van der Waals surface area contributed by atoms with Gasteiger partial charge in [0, 0.05) is 29.3 Å². The van der Waals surface area contributed by atoms with Gasteiger partial charge in [-0.1, -0.05) is 18.2 Å². The van der Waals surface area contributed by atoms with Gasteiger partial charge in [0.05, 0.1) is 19.3 Å². The maximum Gasteiger partial charge on any atom is 0.191 e. The van der Waals surface area contributed by atoms with Crippen LogP contribution >= 0.6 is 35.3 Å². The van der Waals surface area contributed by atoms with Gasteiger partial charge in [-0.2, -0.15) is 0 Å². The number of fused-ring (bicyclic) bond motifs is 1. The largest absolute Gasteiger partial charge is 0.389 e. The van der Waals surface area contributed by atoms with Gasteiger partial charge in [0.25, 0.3) is 0 Å². The van der Waals surface area contributed by atoms with Crippen molar-refractivity contribution in [2.75, 3.05) is 32.8 Å². The Kier molecular flexibility index (Phi) is 9.93. The number of benzene rings is 1. The number of hydrogen-bond donors (Lipinski definition) is 4. The van der Waals surface area contributed by atoms with Crippen molar-refractivity contribution in [3.8, 4) is 0 Å². The quantitative estimate of drug-likeness (QED) is 0.221. The minimum Gasteiger partial charge on any atom is -0.389 e. The highest BCUT2D eigenvalue weighted by molar-refractivity contribution is 14.0. The van der Waals surface area contributed by atoms with E-state index in [2.05, 4.69) is 21.7 Å². The van der Waals surface area contributed by atoms with Crippen molar-refractivity contribution in [3.63, 3.8) is 0 Å². The van der Waals surface area contributed by atoms with Crippen LogP contribution in [-0.4, -0.2) is 55.1 Å². The summed E-state index contributed by atoms with van der Waals surface area (Å²) in [6, 6.07) is 10.1. The zero-order valence-electron chi connectivity index (χ0n) is 16.1. The minimum absolute atomic E-state index is 0. The van der Waals surface area contributed by atoms with Crippen molar-refractivity contribution in [1.82, 2.24) is 10.6 Å². The Labute approximate surface area is 187 Å². The topological polar surface area (TPSA) is 86.1 Å². The second-order valence-corrected chi connectivity index (χ2v) is 8.05. The third-order valence-electron chi connectivity index (χ3n) is 4.40. The molecule has 1 aliphatic rings. The second kappa shape index (κ2) is 11.9. The predicted molar refractivity (Wildman–Crippen MR) is 126 cm³/mol. The molecule has 3 rings (SSSR count). The summed E-state index contributed by atoms with van der Waals surface area (Å²) in [4.78, 5) is 5.32. The predicted octanol–water partition coefficient (Wildman–Crippen LogP) is 2.90. The number of halogens is 1. The normalized spacial score (nSPS) is 16.5. The van der Waals surface area contributed by atoms with Crippen LogP contribution in [0.5, 0.6) is 0 Å². The molecule has 2 atom stereocenters. The summed E-state index contributed by atoms with van der Waals surface area (Å²) < 4.78 is 6.67. The van der Waals surface area contributed by atoms with Gasteiger partial charge in [-0.25, -0.2) is 0 Å². The fourth-order valence-corrected chi connectivity index (χ4v) is 3.76. The SMILES string of the molecule is CCNC(=NCC(O)COCC1CC1)NCC(O)c1cc2ccccc2s1.I. The third-order valence-corrected chi connectivity index (χ3v) is 5.62. The van der Waals surface area contributed by atoms with Crippen LogP contribution < -0.4 is 10.6 Å². The first-order valence-corrected chi connectivity index (χ1v) is 10.4. The fourth-order valence-electron chi connectivity index (χ4n) is 2.71. The van der Waals surface area contributed by atoms with Crippen LogP contribution in [0.1, 0.15) is 30.7 Å². The molecular weight excluding hydrogens is 489 g/mol. The molecule has 1 fully saturated rings. The Bertz CT molecular complexity index is 718. The van der Waals surface area contributed by atoms with Gasteiger partial charge >= 0.3 is 0 Å². The first kappa shape index (κ1) is 23.3. The number of aliphatic hydroxyl groups excluding tert-OH is 2. The van der Waals surface area contributed by atoms with Gasteiger partial charge in [-0.05, 0) is 43.2 Å². The number of hydrogen-bond acceptors (Lipinski definition) is 5. The third kappa shape index (κ3) is 7.47. The second-order valence-electron chi connectivity index (χ2n) is 6.94. The lowest BCUT2D eigenvalue weighted by Gasteiger charge is -2.15. The lowest BCUT2D eigenvalue weighted by atomic mass is 10.2. The van der Waals surface area contributed by atoms with E-state index in [1.165, 1.54) is 17.5 Å². The minimum atomic E-state index is -0.619. The molecule has 0 spiro atoms. The number of nitrogens with one attached hydrogen (secondary N) is 2. The molecule has 8 heteroatoms. The molecule has 0 radical (unpaired) electrons. The van der Waals surface area contributed by atoms with Crippen molar-refractivity contribution in [1.29, 1.82) is 0 Å². The molecule has 156 valence electrons. The molecule has 4 N–H and O–H groups in total. The van der Waals surface area contributed by atoms with Crippen molar-refractivity contribution in [3.05, 3.63) is 35.2 Å². The number of aliphatic hydroxyl groups is 2. The summed E-state index contributed by atoms with van der Waals surface area (Å²) in [5, 5.41) is 27.9. The molecule has 0 bridgehead atoms. The van der Waals surface area contributed by atoms with E-state index in [4.69, 9.17) is 4.74 Å². The number of guanidine groups is 1. The van der Waals surface area contributed by atoms with Crippen LogP contribution in [0, 0.1) is 5.92 Å². The highest BCUT2D eigenvalue weighted by Crippen LogP contribution is 2.29. The van der Waals surface area contributed by atoms with Gasteiger partial charge in [0.15, 0.2) is 5.96 Å². The van der Waals surface area contributed by atoms with Crippen molar-refractivity contribution < 1.29 is 14.9 Å². The Morgan fingerprint density at radius 2 is 2.07 bits per heavy atom. The summed E-state index contributed by atoms with van der Waals surface area (Å²) in [6.45, 7) is 4.35. The zero-order valence-corrected chi connectivity index (χ0v) is 19.3. The Morgan fingerprint density at radius 1 is 1.29 bits per heavy atom. The molecule has 2 aromatic rings. The van der Waals surface area contributed by atoms with Gasteiger partial charge in [0.1, 0.15) is 6.10 Å². The number of ether oxygens (including phenoxy) is 1. The van der Waals surface area contributed by atoms with Crippen LogP contribution in [-0.2, 0) is 4.74 Å². The molecule has 1 heterocycles. The summed E-state index contributed by atoms with van der Waals surface area (Å²) in [5.41, 5.74) is 0. The van der Waals surface area contributed by atoms with Crippen LogP contribution in [0.4, 0.5) is 0 Å². The Morgan fingerprint density at radius 3 is 2.79 bits per heavy atom. The lowest BCUT2D eigenvalue weighted by molar-refractivity contribution is 0.0368. The maximum absolute atomic E-state index is 10.5. The van der Waals surface area contributed by atoms with E-state index >= 15 is 0 Å². The van der Waals surface area contributed by atoms with E-state index in [-0.39, 0.29) is 30.5 Å². The fraction of sp³-hybridized carbons (Fsp3) is 0.550. The van der Waals surface area contributed by atoms with Gasteiger partial charge < -0.3 is 25.6 Å². The van der Waals surface area contributed by atoms with Crippen LogP contribution in [0.3, 0.4) is 0 Å². The van der Waals surface area contributed by atoms with E-state index < -0.39 is 12.2 Å². The highest BCUT2D eigenvalue weighted by Gasteiger charge is 2.21. The molecule has 2 unspecified atom stereocenters. The van der Waals surface area contributed by atoms with Gasteiger partial charge in [0.2, 0.25) is 0 Å². The van der Waals surface area contributed by atoms with Crippen molar-refractivity contribution in [2.45, 2.75) is 32.0 Å². The average molecular weight is 519 g/mol. The number of thiophene rings is 1. The molecule has 1 saturated carbocycles. The molecular formula is C20H30IN3O3S. The van der Waals surface area contributed by atoms with Gasteiger partial charge in [-0.15, -0.1) is 35.3 Å². The monoisotopic (exact) mass is 519 g/mol. The smallest absolute Gasteiger partial charge is 0.191 e. The van der Waals surface area contributed by atoms with E-state index in [1.54, 1.807) is 11.3 Å². The van der Waals surface area contributed by atoms with E-state index in [9.17, 15) is 10.2 Å². The molecule has 1 aliphatic carbocycles. The summed E-state index contributed by atoms with van der Waals surface area (Å²) in [5.74, 6) is 1.27. The maximum atomic E-state index is 10.5. The number of rotatable bonds is 10. The molecule has 1 aromatic heterocycles. The van der Waals surface area contributed by atoms with Crippen molar-refractivity contribution in [2.24, 2.45) is 10.9 Å². The number of nitrogens with zero attached hydrogens (tertiary/aromatic N) is 1. The zero-order chi connectivity index (χ0) is 19.1. The molecule has 1 aromatic carbocycles. The summed E-state index contributed by atoms with van der Waals surface area (Å²) >= 11 is 1.60. The van der Waals surface area contributed by atoms with Crippen LogP contribution in [0.15, 0.2) is 35.3 Å². The Hall–Kier alpha value is -0.940. The molecule has 0 aliphatic heterocycles. The first-order valence-electron chi connectivity index (χ1n) is 9.60. The standard InChI is InChI=1S/C20H29N3O3S.HI/c1-2-21-20(22-10-16(24)13-26-12-14-7-8-14)23-11-17(25)19-9-15-5-3-4-6-18(15)27-19;/h3-6,9,14,16-17,24-25H,2,7-8,10-13H2,1H3,(H2,21,22,23);1H. The molecule has 0 saturated heterocycles. The van der Waals surface area contributed by atoms with Crippen LogP contribution in [0.2, 0.25) is 0 Å². The van der Waals surface area contributed by atoms with Gasteiger partial charge in [-0.3, -0.25) is 4.99 Å².